The van der Waals surface area contributed by atoms with Gasteiger partial charge in [0.25, 0.3) is 0 Å². The van der Waals surface area contributed by atoms with E-state index < -0.39 is 0 Å². The van der Waals surface area contributed by atoms with Crippen molar-refractivity contribution in [3.8, 4) is 5.75 Å². The van der Waals surface area contributed by atoms with Gasteiger partial charge in [-0.05, 0) is 29.2 Å². The van der Waals surface area contributed by atoms with Gasteiger partial charge in [-0.1, -0.05) is 32.1 Å². The predicted octanol–water partition coefficient (Wildman–Crippen LogP) is 2.42. The molecule has 0 saturated carbocycles. The molecule has 0 saturated heterocycles. The molecule has 14 heavy (non-hydrogen) atoms. The number of hydrogen-bond acceptors (Lipinski definition) is 2. The first kappa shape index (κ1) is 10.8. The number of aliphatic hydroxyl groups is 1. The van der Waals surface area contributed by atoms with Crippen LogP contribution in [0.5, 0.6) is 5.75 Å². The predicted molar refractivity (Wildman–Crippen MR) is 58.0 cm³/mol. The zero-order chi connectivity index (χ0) is 10.6. The molecule has 0 aliphatic carbocycles. The van der Waals surface area contributed by atoms with Crippen LogP contribution in [0.2, 0.25) is 0 Å². The summed E-state index contributed by atoms with van der Waals surface area (Å²) in [6, 6.07) is 6.93. The Labute approximate surface area is 84.5 Å². The molecule has 0 bridgehead atoms. The van der Waals surface area contributed by atoms with E-state index in [-0.39, 0.29) is 12.4 Å². The van der Waals surface area contributed by atoms with Gasteiger partial charge in [0.1, 0.15) is 5.75 Å². The van der Waals surface area contributed by atoms with Crippen molar-refractivity contribution in [2.75, 3.05) is 6.61 Å². The number of hydrogen-bond donors (Lipinski definition) is 2. The topological polar surface area (TPSA) is 40.5 Å². The summed E-state index contributed by atoms with van der Waals surface area (Å²) in [6.45, 7) is 4.17. The van der Waals surface area contributed by atoms with Crippen LogP contribution in [0.4, 0.5) is 0 Å². The summed E-state index contributed by atoms with van der Waals surface area (Å²) < 4.78 is 0. The molecule has 0 fully saturated rings. The number of aliphatic hydroxyl groups excluding tert-OH is 1. The van der Waals surface area contributed by atoms with E-state index in [0.29, 0.717) is 5.92 Å². The summed E-state index contributed by atoms with van der Waals surface area (Å²) in [5.41, 5.74) is 2.00. The molecule has 1 aromatic rings. The maximum atomic E-state index is 9.09. The van der Waals surface area contributed by atoms with Crippen LogP contribution < -0.4 is 0 Å². The van der Waals surface area contributed by atoms with E-state index in [0.717, 1.165) is 11.1 Å². The third-order valence-electron chi connectivity index (χ3n) is 2.17. The molecule has 0 unspecified atom stereocenters. The molecule has 2 N–H and O–H groups in total. The smallest absolute Gasteiger partial charge is 0.115 e. The van der Waals surface area contributed by atoms with Gasteiger partial charge in [-0.3, -0.25) is 0 Å². The quantitative estimate of drug-likeness (QED) is 0.772. The van der Waals surface area contributed by atoms with Crippen molar-refractivity contribution in [2.24, 2.45) is 5.92 Å². The van der Waals surface area contributed by atoms with Crippen LogP contribution in [0.15, 0.2) is 29.8 Å². The second-order valence-corrected chi connectivity index (χ2v) is 3.62. The third-order valence-corrected chi connectivity index (χ3v) is 2.17. The number of rotatable bonds is 3. The summed E-state index contributed by atoms with van der Waals surface area (Å²) in [4.78, 5) is 0. The second-order valence-electron chi connectivity index (χ2n) is 3.62. The molecule has 0 spiro atoms. The highest BCUT2D eigenvalue weighted by Gasteiger charge is 2.01. The molecule has 0 aliphatic rings. The van der Waals surface area contributed by atoms with Crippen molar-refractivity contribution in [1.82, 2.24) is 0 Å². The fourth-order valence-electron chi connectivity index (χ4n) is 1.18. The highest BCUT2D eigenvalue weighted by atomic mass is 16.3. The Bertz CT molecular complexity index is 310. The highest BCUT2D eigenvalue weighted by Crippen LogP contribution is 2.16. The Hall–Kier alpha value is -1.28. The Morgan fingerprint density at radius 1 is 1.29 bits per heavy atom. The molecule has 0 atom stereocenters. The van der Waals surface area contributed by atoms with Gasteiger partial charge in [-0.15, -0.1) is 0 Å². The Morgan fingerprint density at radius 2 is 1.86 bits per heavy atom. The molecule has 0 radical (unpaired) electrons. The third kappa shape index (κ3) is 2.89. The zero-order valence-corrected chi connectivity index (χ0v) is 8.57. The fourth-order valence-corrected chi connectivity index (χ4v) is 1.18. The fraction of sp³-hybridized carbons (Fsp3) is 0.333. The zero-order valence-electron chi connectivity index (χ0n) is 8.57. The minimum Gasteiger partial charge on any atom is -0.508 e. The molecule has 76 valence electrons. The molecule has 0 aromatic heterocycles. The van der Waals surface area contributed by atoms with Crippen LogP contribution in [0.25, 0.3) is 6.08 Å². The lowest BCUT2D eigenvalue weighted by Crippen LogP contribution is -1.98. The van der Waals surface area contributed by atoms with Crippen molar-refractivity contribution in [3.05, 3.63) is 35.4 Å². The van der Waals surface area contributed by atoms with Crippen LogP contribution >= 0.6 is 0 Å². The molecule has 0 aliphatic heterocycles. The Balaban J connectivity index is 2.89. The maximum absolute atomic E-state index is 9.09. The van der Waals surface area contributed by atoms with E-state index in [1.807, 2.05) is 32.1 Å². The average Bonchev–Trinajstić information content (AvgIpc) is 2.16. The average molecular weight is 192 g/mol. The highest BCUT2D eigenvalue weighted by molar-refractivity contribution is 5.54. The van der Waals surface area contributed by atoms with E-state index in [1.165, 1.54) is 0 Å². The summed E-state index contributed by atoms with van der Waals surface area (Å²) >= 11 is 0. The standard InChI is InChI=1S/C12H16O2/c1-9(2)11(8-13)7-10-3-5-12(14)6-4-10/h3-7,9,13-14H,8H2,1-2H3. The molecule has 0 amide bonds. The summed E-state index contributed by atoms with van der Waals surface area (Å²) in [7, 11) is 0. The first-order valence-electron chi connectivity index (χ1n) is 4.74. The Kier molecular flexibility index (Phi) is 3.72. The van der Waals surface area contributed by atoms with Gasteiger partial charge in [0.2, 0.25) is 0 Å². The minimum atomic E-state index is 0.0819. The lowest BCUT2D eigenvalue weighted by molar-refractivity contribution is 0.320. The van der Waals surface area contributed by atoms with E-state index in [4.69, 9.17) is 10.2 Å². The first-order chi connectivity index (χ1) is 6.63. The van der Waals surface area contributed by atoms with Crippen LogP contribution in [0.3, 0.4) is 0 Å². The largest absolute Gasteiger partial charge is 0.508 e. The van der Waals surface area contributed by atoms with Gasteiger partial charge in [-0.25, -0.2) is 0 Å². The normalized spacial score (nSPS) is 12.1. The van der Waals surface area contributed by atoms with Crippen molar-refractivity contribution in [2.45, 2.75) is 13.8 Å². The number of benzene rings is 1. The number of phenols is 1. The summed E-state index contributed by atoms with van der Waals surface area (Å²) in [5.74, 6) is 0.603. The molecule has 2 heteroatoms. The van der Waals surface area contributed by atoms with Crippen LogP contribution in [-0.4, -0.2) is 16.8 Å². The van der Waals surface area contributed by atoms with Crippen molar-refractivity contribution >= 4 is 6.08 Å². The van der Waals surface area contributed by atoms with Crippen LogP contribution in [0.1, 0.15) is 19.4 Å². The lowest BCUT2D eigenvalue weighted by Gasteiger charge is -2.07. The van der Waals surface area contributed by atoms with Gasteiger partial charge in [-0.2, -0.15) is 0 Å². The van der Waals surface area contributed by atoms with Gasteiger partial charge >= 0.3 is 0 Å². The molecule has 0 heterocycles. The first-order valence-corrected chi connectivity index (χ1v) is 4.74. The van der Waals surface area contributed by atoms with Crippen molar-refractivity contribution in [1.29, 1.82) is 0 Å². The van der Waals surface area contributed by atoms with E-state index in [2.05, 4.69) is 0 Å². The molecular formula is C12H16O2. The van der Waals surface area contributed by atoms with Gasteiger partial charge in [0.15, 0.2) is 0 Å². The van der Waals surface area contributed by atoms with E-state index in [1.54, 1.807) is 12.1 Å². The van der Waals surface area contributed by atoms with E-state index >= 15 is 0 Å². The van der Waals surface area contributed by atoms with Crippen LogP contribution in [-0.2, 0) is 0 Å². The van der Waals surface area contributed by atoms with Gasteiger partial charge in [0.05, 0.1) is 6.61 Å². The second kappa shape index (κ2) is 4.82. The monoisotopic (exact) mass is 192 g/mol. The summed E-state index contributed by atoms with van der Waals surface area (Å²) in [6.07, 6.45) is 1.95. The maximum Gasteiger partial charge on any atom is 0.115 e. The minimum absolute atomic E-state index is 0.0819. The van der Waals surface area contributed by atoms with E-state index in [9.17, 15) is 0 Å². The molecule has 1 rings (SSSR count). The molecule has 1 aromatic carbocycles. The number of aromatic hydroxyl groups is 1. The van der Waals surface area contributed by atoms with Crippen LogP contribution in [0, 0.1) is 5.92 Å². The SMILES string of the molecule is CC(C)C(=Cc1ccc(O)cc1)CO. The molecular weight excluding hydrogens is 176 g/mol. The van der Waals surface area contributed by atoms with Gasteiger partial charge in [0, 0.05) is 0 Å². The van der Waals surface area contributed by atoms with Crippen molar-refractivity contribution < 1.29 is 10.2 Å². The Morgan fingerprint density at radius 3 is 2.29 bits per heavy atom. The summed E-state index contributed by atoms with van der Waals surface area (Å²) in [5, 5.41) is 18.2. The van der Waals surface area contributed by atoms with Crippen molar-refractivity contribution in [3.63, 3.8) is 0 Å². The molecule has 2 nitrogen and oxygen atoms in total. The van der Waals surface area contributed by atoms with Gasteiger partial charge < -0.3 is 10.2 Å². The number of phenolic OH excluding ortho intramolecular Hbond substituents is 1. The lowest BCUT2D eigenvalue weighted by atomic mass is 10.0.